The molecule has 0 fully saturated rings. The average Bonchev–Trinajstić information content (AvgIpc) is 3.70. The molecule has 0 amide bonds. The molecule has 0 saturated carbocycles. The van der Waals surface area contributed by atoms with Crippen molar-refractivity contribution in [1.82, 2.24) is 4.57 Å². The first-order valence-electron chi connectivity index (χ1n) is 12.2. The lowest BCUT2D eigenvalue weighted by Crippen LogP contribution is -2.38. The first kappa shape index (κ1) is 22.9. The molecule has 1 aliphatic heterocycles. The van der Waals surface area contributed by atoms with Crippen LogP contribution in [0.2, 0.25) is 0 Å². The molecule has 7 rings (SSSR count). The van der Waals surface area contributed by atoms with Crippen LogP contribution in [-0.4, -0.2) is 15.6 Å². The lowest BCUT2D eigenvalue weighted by molar-refractivity contribution is 0.0697. The molecule has 38 heavy (non-hydrogen) atoms. The Balaban J connectivity index is 1.36. The van der Waals surface area contributed by atoms with E-state index in [-0.39, 0.29) is 17.2 Å². The number of rotatable bonds is 4. The SMILES string of the molecule is O=C(O)c1cccc(-c2ccc(C=c3sc4n(c3=O)C(c3cccs3)C3=C(N=4)c4ccccc4CC3)o2)c1. The monoisotopic (exact) mass is 536 g/mol. The number of aryl methyl sites for hydroxylation is 1. The second kappa shape index (κ2) is 8.93. The number of furan rings is 1. The van der Waals surface area contributed by atoms with E-state index < -0.39 is 5.97 Å². The fourth-order valence-corrected chi connectivity index (χ4v) is 7.07. The molecule has 4 heterocycles. The van der Waals surface area contributed by atoms with Crippen molar-refractivity contribution in [3.05, 3.63) is 131 Å². The molecular weight excluding hydrogens is 516 g/mol. The van der Waals surface area contributed by atoms with Crippen LogP contribution in [0.15, 0.2) is 98.0 Å². The van der Waals surface area contributed by atoms with Gasteiger partial charge in [-0.05, 0) is 59.7 Å². The van der Waals surface area contributed by atoms with Crippen molar-refractivity contribution in [3.63, 3.8) is 0 Å². The second-order valence-electron chi connectivity index (χ2n) is 9.22. The Kier molecular flexibility index (Phi) is 5.38. The van der Waals surface area contributed by atoms with E-state index in [0.29, 0.717) is 26.4 Å². The molecule has 8 heteroatoms. The van der Waals surface area contributed by atoms with Gasteiger partial charge in [-0.15, -0.1) is 11.3 Å². The molecule has 2 aliphatic rings. The summed E-state index contributed by atoms with van der Waals surface area (Å²) in [4.78, 5) is 32.0. The van der Waals surface area contributed by atoms with Crippen LogP contribution in [0.1, 0.15) is 44.6 Å². The Morgan fingerprint density at radius 3 is 2.79 bits per heavy atom. The van der Waals surface area contributed by atoms with Gasteiger partial charge in [-0.3, -0.25) is 9.36 Å². The summed E-state index contributed by atoms with van der Waals surface area (Å²) >= 11 is 3.02. The fraction of sp³-hybridized carbons (Fsp3) is 0.100. The van der Waals surface area contributed by atoms with Gasteiger partial charge in [0.25, 0.3) is 5.56 Å². The lowest BCUT2D eigenvalue weighted by Gasteiger charge is -2.30. The normalized spacial score (nSPS) is 16.5. The lowest BCUT2D eigenvalue weighted by atomic mass is 9.85. The largest absolute Gasteiger partial charge is 0.478 e. The van der Waals surface area contributed by atoms with E-state index in [1.54, 1.807) is 53.8 Å². The third-order valence-corrected chi connectivity index (χ3v) is 8.89. The van der Waals surface area contributed by atoms with Crippen LogP contribution in [0, 0.1) is 0 Å². The Bertz CT molecular complexity index is 1940. The van der Waals surface area contributed by atoms with Crippen molar-refractivity contribution in [3.8, 4) is 11.3 Å². The highest BCUT2D eigenvalue weighted by Crippen LogP contribution is 2.42. The standard InChI is InChI=1S/C30H20N2O4S2/c33-28-25(16-20-11-13-23(36-20)18-6-3-7-19(15-18)29(34)35)38-30-31-26-21-8-2-1-5-17(21)10-12-22(26)27(32(28)30)24-9-4-14-37-24/h1-9,11,13-16,27H,10,12H2,(H,34,35). The molecule has 186 valence electrons. The second-order valence-corrected chi connectivity index (χ2v) is 11.2. The zero-order valence-electron chi connectivity index (χ0n) is 20.0. The molecule has 5 aromatic rings. The predicted octanol–water partition coefficient (Wildman–Crippen LogP) is 5.34. The highest BCUT2D eigenvalue weighted by atomic mass is 32.1. The number of aromatic carboxylic acids is 1. The third-order valence-electron chi connectivity index (χ3n) is 6.98. The smallest absolute Gasteiger partial charge is 0.335 e. The molecule has 0 radical (unpaired) electrons. The first-order chi connectivity index (χ1) is 18.6. The topological polar surface area (TPSA) is 84.8 Å². The maximum Gasteiger partial charge on any atom is 0.335 e. The number of hydrogen-bond acceptors (Lipinski definition) is 6. The van der Waals surface area contributed by atoms with Crippen LogP contribution < -0.4 is 14.9 Å². The minimum absolute atomic E-state index is 0.0941. The van der Waals surface area contributed by atoms with Gasteiger partial charge >= 0.3 is 5.97 Å². The minimum atomic E-state index is -0.995. The van der Waals surface area contributed by atoms with Gasteiger partial charge < -0.3 is 9.52 Å². The van der Waals surface area contributed by atoms with Crippen molar-refractivity contribution < 1.29 is 14.3 Å². The number of aromatic nitrogens is 1. The molecule has 1 unspecified atom stereocenters. The maximum absolute atomic E-state index is 13.8. The van der Waals surface area contributed by atoms with Gasteiger partial charge in [0, 0.05) is 22.1 Å². The zero-order valence-corrected chi connectivity index (χ0v) is 21.6. The van der Waals surface area contributed by atoms with Crippen molar-refractivity contribution in [2.24, 2.45) is 4.99 Å². The van der Waals surface area contributed by atoms with Crippen LogP contribution in [-0.2, 0) is 6.42 Å². The molecule has 0 saturated heterocycles. The van der Waals surface area contributed by atoms with E-state index in [4.69, 9.17) is 9.41 Å². The zero-order chi connectivity index (χ0) is 25.8. The van der Waals surface area contributed by atoms with Crippen molar-refractivity contribution in [2.45, 2.75) is 18.9 Å². The number of hydrogen-bond donors (Lipinski definition) is 1. The van der Waals surface area contributed by atoms with Crippen molar-refractivity contribution in [1.29, 1.82) is 0 Å². The Labute approximate surface area is 224 Å². The number of carbonyl (C=O) groups is 1. The first-order valence-corrected chi connectivity index (χ1v) is 13.9. The van der Waals surface area contributed by atoms with Crippen LogP contribution in [0.3, 0.4) is 0 Å². The van der Waals surface area contributed by atoms with Crippen molar-refractivity contribution >= 4 is 40.4 Å². The summed E-state index contributed by atoms with van der Waals surface area (Å²) in [5, 5.41) is 11.4. The van der Waals surface area contributed by atoms with E-state index >= 15 is 0 Å². The predicted molar refractivity (Wildman–Crippen MR) is 148 cm³/mol. The quantitative estimate of drug-likeness (QED) is 0.336. The van der Waals surface area contributed by atoms with E-state index in [0.717, 1.165) is 29.0 Å². The molecule has 1 aliphatic carbocycles. The summed E-state index contributed by atoms with van der Waals surface area (Å²) in [6.45, 7) is 0. The van der Waals surface area contributed by atoms with Gasteiger partial charge in [0.1, 0.15) is 11.5 Å². The number of benzene rings is 2. The van der Waals surface area contributed by atoms with Gasteiger partial charge in [0.05, 0.1) is 21.8 Å². The Morgan fingerprint density at radius 1 is 1.05 bits per heavy atom. The van der Waals surface area contributed by atoms with E-state index in [2.05, 4.69) is 24.3 Å². The summed E-state index contributed by atoms with van der Waals surface area (Å²) in [5.41, 5.74) is 5.35. The number of thiazole rings is 1. The molecule has 1 atom stereocenters. The Morgan fingerprint density at radius 2 is 1.95 bits per heavy atom. The van der Waals surface area contributed by atoms with Crippen molar-refractivity contribution in [2.75, 3.05) is 0 Å². The highest BCUT2D eigenvalue weighted by Gasteiger charge is 2.33. The van der Waals surface area contributed by atoms with Crippen LogP contribution in [0.25, 0.3) is 23.1 Å². The van der Waals surface area contributed by atoms with E-state index in [9.17, 15) is 14.7 Å². The van der Waals surface area contributed by atoms with Crippen LogP contribution in [0.4, 0.5) is 0 Å². The molecule has 3 aromatic heterocycles. The summed E-state index contributed by atoms with van der Waals surface area (Å²) < 4.78 is 8.38. The molecular formula is C30H20N2O4S2. The number of fused-ring (bicyclic) bond motifs is 3. The Hall–Kier alpha value is -4.27. The van der Waals surface area contributed by atoms with Gasteiger partial charge in [0.15, 0.2) is 4.80 Å². The maximum atomic E-state index is 13.8. The fourth-order valence-electron chi connectivity index (χ4n) is 5.24. The molecule has 2 aromatic carbocycles. The third kappa shape index (κ3) is 3.72. The number of nitrogens with zero attached hydrogens (tertiary/aromatic N) is 2. The average molecular weight is 537 g/mol. The van der Waals surface area contributed by atoms with Gasteiger partial charge in [-0.2, -0.15) is 0 Å². The molecule has 0 spiro atoms. The summed E-state index contributed by atoms with van der Waals surface area (Å²) in [5.74, 6) is 0.0637. The molecule has 1 N–H and O–H groups in total. The summed E-state index contributed by atoms with van der Waals surface area (Å²) in [6, 6.07) is 22.5. The summed E-state index contributed by atoms with van der Waals surface area (Å²) in [7, 11) is 0. The minimum Gasteiger partial charge on any atom is -0.478 e. The number of thiophene rings is 1. The van der Waals surface area contributed by atoms with E-state index in [1.807, 2.05) is 22.1 Å². The van der Waals surface area contributed by atoms with Crippen LogP contribution >= 0.6 is 22.7 Å². The molecule has 0 bridgehead atoms. The van der Waals surface area contributed by atoms with E-state index in [1.165, 1.54) is 22.5 Å². The van der Waals surface area contributed by atoms with Gasteiger partial charge in [-0.1, -0.05) is 53.8 Å². The molecule has 6 nitrogen and oxygen atoms in total. The van der Waals surface area contributed by atoms with Gasteiger partial charge in [0.2, 0.25) is 0 Å². The number of allylic oxidation sites excluding steroid dienone is 1. The number of carboxylic acid groups (broad SMARTS) is 1. The number of carboxylic acids is 1. The highest BCUT2D eigenvalue weighted by molar-refractivity contribution is 7.10. The summed E-state index contributed by atoms with van der Waals surface area (Å²) in [6.07, 6.45) is 3.53. The van der Waals surface area contributed by atoms with Crippen LogP contribution in [0.5, 0.6) is 0 Å². The van der Waals surface area contributed by atoms with Gasteiger partial charge in [-0.25, -0.2) is 9.79 Å².